The highest BCUT2D eigenvalue weighted by atomic mass is 31.2. The Labute approximate surface area is 161 Å². The summed E-state index contributed by atoms with van der Waals surface area (Å²) in [5, 5.41) is 12.3. The fraction of sp³-hybridized carbons (Fsp3) is 0.950. The van der Waals surface area contributed by atoms with E-state index >= 15 is 0 Å². The van der Waals surface area contributed by atoms with Crippen molar-refractivity contribution in [2.75, 3.05) is 13.2 Å². The Kier molecular flexibility index (Phi) is 14.4. The second-order valence-corrected chi connectivity index (χ2v) is 9.75. The van der Waals surface area contributed by atoms with Crippen molar-refractivity contribution in [2.24, 2.45) is 17.0 Å². The molecule has 0 rings (SSSR count). The van der Waals surface area contributed by atoms with E-state index in [1.165, 1.54) is 0 Å². The molecule has 0 aromatic carbocycles. The van der Waals surface area contributed by atoms with Crippen LogP contribution in [0.15, 0.2) is 5.16 Å². The second kappa shape index (κ2) is 14.6. The Hall–Kier alpha value is -0.380. The molecule has 6 heteroatoms. The van der Waals surface area contributed by atoms with Crippen molar-refractivity contribution in [2.45, 2.75) is 98.6 Å². The minimum Gasteiger partial charge on any atom is -0.411 e. The van der Waals surface area contributed by atoms with Crippen LogP contribution in [-0.4, -0.2) is 29.8 Å². The average molecular weight is 392 g/mol. The summed E-state index contributed by atoms with van der Waals surface area (Å²) in [6.07, 6.45) is 8.72. The zero-order valence-electron chi connectivity index (χ0n) is 17.9. The maximum Gasteiger partial charge on any atom is 0.339 e. The highest BCUT2D eigenvalue weighted by Crippen LogP contribution is 2.54. The van der Waals surface area contributed by atoms with Gasteiger partial charge in [0.15, 0.2) is 0 Å². The minimum absolute atomic E-state index is 0.382. The number of rotatable bonds is 16. The zero-order chi connectivity index (χ0) is 20.0. The summed E-state index contributed by atoms with van der Waals surface area (Å²) in [5.41, 5.74) is -0.156. The van der Waals surface area contributed by atoms with Gasteiger partial charge >= 0.3 is 7.60 Å². The van der Waals surface area contributed by atoms with E-state index in [9.17, 15) is 4.57 Å². The summed E-state index contributed by atoms with van der Waals surface area (Å²) in [6.45, 7) is 12.9. The maximum atomic E-state index is 13.5. The van der Waals surface area contributed by atoms with Crippen LogP contribution in [0.4, 0.5) is 0 Å². The molecule has 0 aliphatic rings. The molecular weight excluding hydrogens is 349 g/mol. The molecule has 156 valence electrons. The molecule has 0 spiro atoms. The van der Waals surface area contributed by atoms with Crippen molar-refractivity contribution in [3.8, 4) is 0 Å². The minimum atomic E-state index is -3.37. The van der Waals surface area contributed by atoms with Crippen LogP contribution in [0.5, 0.6) is 0 Å². The Bertz CT molecular complexity index is 404. The van der Waals surface area contributed by atoms with Crippen molar-refractivity contribution in [1.82, 2.24) is 0 Å². The van der Waals surface area contributed by atoms with Crippen molar-refractivity contribution in [3.05, 3.63) is 0 Å². The molecule has 0 bridgehead atoms. The van der Waals surface area contributed by atoms with Gasteiger partial charge in [-0.15, -0.1) is 0 Å². The van der Waals surface area contributed by atoms with Crippen LogP contribution in [0.2, 0.25) is 0 Å². The molecule has 0 heterocycles. The Morgan fingerprint density at radius 2 is 1.38 bits per heavy atom. The molecule has 0 aromatic heterocycles. The Morgan fingerprint density at radius 3 is 1.69 bits per heavy atom. The van der Waals surface area contributed by atoms with E-state index in [1.54, 1.807) is 13.8 Å². The molecule has 1 N–H and O–H groups in total. The van der Waals surface area contributed by atoms with Crippen LogP contribution in [0.25, 0.3) is 0 Å². The van der Waals surface area contributed by atoms with Crippen molar-refractivity contribution in [3.63, 3.8) is 0 Å². The average Bonchev–Trinajstić information content (AvgIpc) is 2.67. The van der Waals surface area contributed by atoms with Crippen LogP contribution in [0.3, 0.4) is 0 Å². The van der Waals surface area contributed by atoms with Crippen LogP contribution in [0, 0.1) is 11.8 Å². The fourth-order valence-corrected chi connectivity index (χ4v) is 4.66. The standard InChI is InChI=1S/C20H42NO4P/c1-7-11-13-19(9-3)15-24-26(23,18(6)17(5)21-22)25-16-20(10-4)14-12-8-2/h18-20,22H,7-16H2,1-6H3. The molecule has 0 aromatic rings. The topological polar surface area (TPSA) is 68.1 Å². The lowest BCUT2D eigenvalue weighted by atomic mass is 10.0. The predicted molar refractivity (Wildman–Crippen MR) is 110 cm³/mol. The number of unbranched alkanes of at least 4 members (excludes halogenated alkanes) is 2. The quantitative estimate of drug-likeness (QED) is 0.135. The van der Waals surface area contributed by atoms with Crippen LogP contribution in [-0.2, 0) is 13.6 Å². The van der Waals surface area contributed by atoms with Gasteiger partial charge in [-0.25, -0.2) is 0 Å². The SMILES string of the molecule is CCCCC(CC)COP(=O)(OCC(CC)CCCC)C(C)C(C)=NO. The van der Waals surface area contributed by atoms with Crippen molar-refractivity contribution >= 4 is 13.3 Å². The third kappa shape index (κ3) is 9.53. The van der Waals surface area contributed by atoms with Crippen LogP contribution in [0.1, 0.15) is 92.9 Å². The van der Waals surface area contributed by atoms with E-state index in [1.807, 2.05) is 0 Å². The Balaban J connectivity index is 5.03. The summed E-state index contributed by atoms with van der Waals surface area (Å²) in [5.74, 6) is 0.764. The summed E-state index contributed by atoms with van der Waals surface area (Å²) >= 11 is 0. The molecule has 0 aliphatic carbocycles. The predicted octanol–water partition coefficient (Wildman–Crippen LogP) is 6.88. The van der Waals surface area contributed by atoms with Gasteiger partial charge < -0.3 is 14.3 Å². The smallest absolute Gasteiger partial charge is 0.339 e. The molecule has 26 heavy (non-hydrogen) atoms. The number of hydrogen-bond donors (Lipinski definition) is 1. The van der Waals surface area contributed by atoms with E-state index in [0.29, 0.717) is 30.8 Å². The monoisotopic (exact) mass is 391 g/mol. The molecule has 0 aliphatic heterocycles. The number of hydrogen-bond acceptors (Lipinski definition) is 5. The molecular formula is C20H42NO4P. The first-order chi connectivity index (χ1) is 12.4. The van der Waals surface area contributed by atoms with Gasteiger partial charge in [-0.1, -0.05) is 71.4 Å². The van der Waals surface area contributed by atoms with Crippen molar-refractivity contribution in [1.29, 1.82) is 0 Å². The molecule has 3 atom stereocenters. The molecule has 3 unspecified atom stereocenters. The van der Waals surface area contributed by atoms with Gasteiger partial charge in [-0.2, -0.15) is 0 Å². The lowest BCUT2D eigenvalue weighted by Gasteiger charge is -2.27. The maximum absolute atomic E-state index is 13.5. The van der Waals surface area contributed by atoms with Gasteiger partial charge in [0.25, 0.3) is 0 Å². The van der Waals surface area contributed by atoms with Gasteiger partial charge in [-0.3, -0.25) is 4.57 Å². The lowest BCUT2D eigenvalue weighted by molar-refractivity contribution is 0.149. The van der Waals surface area contributed by atoms with Crippen molar-refractivity contribution < 1.29 is 18.8 Å². The van der Waals surface area contributed by atoms with E-state index in [-0.39, 0.29) is 0 Å². The normalized spacial score (nSPS) is 18.3. The molecule has 0 amide bonds. The number of oxime groups is 1. The molecule has 0 saturated heterocycles. The van der Waals surface area contributed by atoms with Crippen LogP contribution < -0.4 is 0 Å². The zero-order valence-corrected chi connectivity index (χ0v) is 18.8. The summed E-state index contributed by atoms with van der Waals surface area (Å²) < 4.78 is 25.3. The molecule has 0 fully saturated rings. The van der Waals surface area contributed by atoms with Gasteiger partial charge in [0.1, 0.15) is 0 Å². The lowest BCUT2D eigenvalue weighted by Crippen LogP contribution is -2.22. The Morgan fingerprint density at radius 1 is 0.962 bits per heavy atom. The second-order valence-electron chi connectivity index (χ2n) is 7.38. The van der Waals surface area contributed by atoms with E-state index in [4.69, 9.17) is 14.3 Å². The van der Waals surface area contributed by atoms with E-state index in [2.05, 4.69) is 32.9 Å². The fourth-order valence-electron chi connectivity index (χ4n) is 2.79. The largest absolute Gasteiger partial charge is 0.411 e. The van der Waals surface area contributed by atoms with Gasteiger partial charge in [-0.05, 0) is 38.5 Å². The summed E-state index contributed by atoms with van der Waals surface area (Å²) in [4.78, 5) is 0. The third-order valence-electron chi connectivity index (χ3n) is 5.30. The van der Waals surface area contributed by atoms with E-state index in [0.717, 1.165) is 51.4 Å². The first-order valence-corrected chi connectivity index (χ1v) is 12.1. The summed E-state index contributed by atoms with van der Waals surface area (Å²) in [6, 6.07) is 0. The summed E-state index contributed by atoms with van der Waals surface area (Å²) in [7, 11) is -3.37. The first-order valence-electron chi connectivity index (χ1n) is 10.5. The molecule has 0 saturated carbocycles. The highest BCUT2D eigenvalue weighted by Gasteiger charge is 2.36. The number of nitrogens with zero attached hydrogens (tertiary/aromatic N) is 1. The van der Waals surface area contributed by atoms with Crippen LogP contribution >= 0.6 is 7.60 Å². The highest BCUT2D eigenvalue weighted by molar-refractivity contribution is 7.55. The third-order valence-corrected chi connectivity index (χ3v) is 7.64. The van der Waals surface area contributed by atoms with Gasteiger partial charge in [0.05, 0.1) is 24.6 Å². The van der Waals surface area contributed by atoms with Gasteiger partial charge in [0, 0.05) is 0 Å². The molecule has 0 radical (unpaired) electrons. The first kappa shape index (κ1) is 25.6. The van der Waals surface area contributed by atoms with Gasteiger partial charge in [0.2, 0.25) is 0 Å². The molecule has 5 nitrogen and oxygen atoms in total. The van der Waals surface area contributed by atoms with E-state index < -0.39 is 13.3 Å².